The van der Waals surface area contributed by atoms with Gasteiger partial charge < -0.3 is 19.1 Å². The van der Waals surface area contributed by atoms with Gasteiger partial charge in [-0.1, -0.05) is 11.6 Å². The van der Waals surface area contributed by atoms with Gasteiger partial charge in [0.25, 0.3) is 10.0 Å². The Hall–Kier alpha value is -2.17. The summed E-state index contributed by atoms with van der Waals surface area (Å²) in [6.45, 7) is 3.83. The van der Waals surface area contributed by atoms with Crippen molar-refractivity contribution in [1.29, 1.82) is 0 Å². The molecule has 0 saturated carbocycles. The summed E-state index contributed by atoms with van der Waals surface area (Å²) in [7, 11) is -1.99. The maximum atomic E-state index is 13.3. The van der Waals surface area contributed by atoms with E-state index in [-0.39, 0.29) is 22.8 Å². The van der Waals surface area contributed by atoms with Gasteiger partial charge in [-0.25, -0.2) is 0 Å². The summed E-state index contributed by atoms with van der Waals surface area (Å²) in [6.07, 6.45) is 0.861. The van der Waals surface area contributed by atoms with E-state index in [9.17, 15) is 8.42 Å². The molecule has 34 heavy (non-hydrogen) atoms. The number of nitrogens with zero attached hydrogens (tertiary/aromatic N) is 2. The Labute approximate surface area is 212 Å². The molecule has 180 valence electrons. The molecule has 1 saturated heterocycles. The van der Waals surface area contributed by atoms with Crippen LogP contribution in [0.2, 0.25) is 5.02 Å². The molecule has 7 nitrogen and oxygen atoms in total. The number of anilines is 1. The third-order valence-electron chi connectivity index (χ3n) is 5.79. The highest BCUT2D eigenvalue weighted by molar-refractivity contribution is 7.96. The Balaban J connectivity index is 1.40. The van der Waals surface area contributed by atoms with Gasteiger partial charge in [0.05, 0.1) is 10.7 Å². The number of rotatable bonds is 6. The Morgan fingerprint density at radius 1 is 1.15 bits per heavy atom. The first-order valence-corrected chi connectivity index (χ1v) is 13.6. The number of hydrogen-bond acceptors (Lipinski definition) is 7. The lowest BCUT2D eigenvalue weighted by Gasteiger charge is -2.19. The summed E-state index contributed by atoms with van der Waals surface area (Å²) in [5.74, 6) is 1.73. The van der Waals surface area contributed by atoms with Crippen molar-refractivity contribution in [3.63, 3.8) is 0 Å². The predicted octanol–water partition coefficient (Wildman–Crippen LogP) is 5.54. The SMILES string of the molecule is Cc1cc2c(cc1-c1ccc(S(=O)(=O)N(Cl)c3ccc(Cl)c(O[C@@H]4CCN(C)C4)c3)s1)OCO2. The predicted molar refractivity (Wildman–Crippen MR) is 134 cm³/mol. The molecule has 1 atom stereocenters. The molecule has 0 spiro atoms. The summed E-state index contributed by atoms with van der Waals surface area (Å²) >= 11 is 13.8. The molecule has 11 heteroatoms. The smallest absolute Gasteiger partial charge is 0.287 e. The van der Waals surface area contributed by atoms with E-state index in [0.29, 0.717) is 22.3 Å². The molecule has 2 aliphatic heterocycles. The zero-order valence-electron chi connectivity index (χ0n) is 18.5. The van der Waals surface area contributed by atoms with Gasteiger partial charge in [-0.2, -0.15) is 12.2 Å². The fourth-order valence-electron chi connectivity index (χ4n) is 3.99. The van der Waals surface area contributed by atoms with Crippen molar-refractivity contribution >= 4 is 50.4 Å². The maximum absolute atomic E-state index is 13.3. The molecule has 0 N–H and O–H groups in total. The molecule has 0 aliphatic carbocycles. The van der Waals surface area contributed by atoms with Crippen LogP contribution in [0.4, 0.5) is 5.69 Å². The molecule has 2 aliphatic rings. The lowest BCUT2D eigenvalue weighted by atomic mass is 10.1. The zero-order chi connectivity index (χ0) is 24.0. The van der Waals surface area contributed by atoms with Crippen LogP contribution in [0.3, 0.4) is 0 Å². The third kappa shape index (κ3) is 4.43. The van der Waals surface area contributed by atoms with Crippen molar-refractivity contribution in [3.05, 3.63) is 53.1 Å². The van der Waals surface area contributed by atoms with E-state index in [1.54, 1.807) is 30.3 Å². The summed E-state index contributed by atoms with van der Waals surface area (Å²) in [6, 6.07) is 11.8. The highest BCUT2D eigenvalue weighted by Gasteiger charge is 2.28. The van der Waals surface area contributed by atoms with Crippen molar-refractivity contribution in [1.82, 2.24) is 4.90 Å². The number of likely N-dealkylation sites (N-methyl/N-ethyl adjacent to an activating group) is 1. The largest absolute Gasteiger partial charge is 0.487 e. The molecule has 3 aromatic rings. The van der Waals surface area contributed by atoms with Crippen LogP contribution in [0.15, 0.2) is 46.7 Å². The van der Waals surface area contributed by atoms with Gasteiger partial charge in [0, 0.05) is 35.8 Å². The highest BCUT2D eigenvalue weighted by atomic mass is 35.5. The average molecular weight is 541 g/mol. The first-order chi connectivity index (χ1) is 16.2. The van der Waals surface area contributed by atoms with Gasteiger partial charge in [0.1, 0.15) is 16.1 Å². The van der Waals surface area contributed by atoms with Crippen LogP contribution in [0.1, 0.15) is 12.0 Å². The van der Waals surface area contributed by atoms with E-state index in [2.05, 4.69) is 4.90 Å². The fraction of sp³-hybridized carbons (Fsp3) is 0.304. The minimum atomic E-state index is -4.01. The summed E-state index contributed by atoms with van der Waals surface area (Å²) in [4.78, 5) is 2.95. The van der Waals surface area contributed by atoms with E-state index in [0.717, 1.165) is 50.7 Å². The van der Waals surface area contributed by atoms with E-state index < -0.39 is 10.0 Å². The molecule has 2 aromatic carbocycles. The van der Waals surface area contributed by atoms with Crippen molar-refractivity contribution in [2.75, 3.05) is 30.8 Å². The van der Waals surface area contributed by atoms with Gasteiger partial charge in [-0.15, -0.1) is 11.3 Å². The molecule has 1 fully saturated rings. The molecular weight excluding hydrogens is 519 g/mol. The zero-order valence-corrected chi connectivity index (χ0v) is 21.6. The summed E-state index contributed by atoms with van der Waals surface area (Å²) < 4.78 is 44.4. The molecule has 0 bridgehead atoms. The Morgan fingerprint density at radius 2 is 1.91 bits per heavy atom. The standard InChI is InChI=1S/C23H22Cl2N2O5S2/c1-14-9-20-21(31-13-30-20)11-17(14)22-5-6-23(33-22)34(28,29)27(25)15-3-4-18(24)19(10-15)32-16-7-8-26(2)12-16/h3-6,9-11,16H,7-8,12-13H2,1-2H3/t16-/m1/s1. The van der Waals surface area contributed by atoms with Gasteiger partial charge in [-0.05, 0) is 67.9 Å². The monoisotopic (exact) mass is 540 g/mol. The summed E-state index contributed by atoms with van der Waals surface area (Å²) in [5, 5.41) is 0.400. The topological polar surface area (TPSA) is 68.3 Å². The van der Waals surface area contributed by atoms with Crippen LogP contribution in [0.5, 0.6) is 17.2 Å². The lowest BCUT2D eigenvalue weighted by Crippen LogP contribution is -2.22. The third-order valence-corrected chi connectivity index (χ3v) is 9.92. The molecule has 3 heterocycles. The van der Waals surface area contributed by atoms with Crippen LogP contribution >= 0.6 is 34.7 Å². The van der Waals surface area contributed by atoms with Gasteiger partial charge in [0.15, 0.2) is 11.5 Å². The molecule has 5 rings (SSSR count). The Morgan fingerprint density at radius 3 is 2.65 bits per heavy atom. The number of ether oxygens (including phenoxy) is 3. The van der Waals surface area contributed by atoms with E-state index in [4.69, 9.17) is 37.6 Å². The Bertz CT molecular complexity index is 1350. The van der Waals surface area contributed by atoms with Crippen molar-refractivity contribution in [2.24, 2.45) is 0 Å². The minimum Gasteiger partial charge on any atom is -0.487 e. The number of hydrogen-bond donors (Lipinski definition) is 0. The number of benzene rings is 2. The second-order valence-corrected chi connectivity index (χ2v) is 12.3. The van der Waals surface area contributed by atoms with Crippen LogP contribution < -0.4 is 18.0 Å². The van der Waals surface area contributed by atoms with E-state index >= 15 is 0 Å². The van der Waals surface area contributed by atoms with Crippen molar-refractivity contribution < 1.29 is 22.6 Å². The molecule has 0 amide bonds. The normalized spacial score (nSPS) is 17.8. The van der Waals surface area contributed by atoms with Crippen LogP contribution in [0, 0.1) is 6.92 Å². The molecule has 1 aromatic heterocycles. The molecular formula is C23H22Cl2N2O5S2. The number of sulfonamides is 1. The molecule has 0 radical (unpaired) electrons. The number of aryl methyl sites for hydroxylation is 1. The highest BCUT2D eigenvalue weighted by Crippen LogP contribution is 2.42. The lowest BCUT2D eigenvalue weighted by molar-refractivity contribution is 0.174. The maximum Gasteiger partial charge on any atom is 0.287 e. The summed E-state index contributed by atoms with van der Waals surface area (Å²) in [5.41, 5.74) is 2.08. The fourth-order valence-corrected chi connectivity index (χ4v) is 7.13. The van der Waals surface area contributed by atoms with Crippen LogP contribution in [-0.2, 0) is 10.0 Å². The second-order valence-electron chi connectivity index (χ2n) is 8.26. The Kier molecular flexibility index (Phi) is 6.32. The number of halogens is 2. The van der Waals surface area contributed by atoms with Gasteiger partial charge in [-0.3, -0.25) is 0 Å². The van der Waals surface area contributed by atoms with Crippen molar-refractivity contribution in [3.8, 4) is 27.7 Å². The first-order valence-electron chi connectivity index (χ1n) is 10.6. The van der Waals surface area contributed by atoms with Crippen LogP contribution in [-0.4, -0.2) is 46.4 Å². The second kappa shape index (κ2) is 9.13. The molecule has 0 unspecified atom stereocenters. The van der Waals surface area contributed by atoms with Gasteiger partial charge in [0.2, 0.25) is 6.79 Å². The van der Waals surface area contributed by atoms with Gasteiger partial charge >= 0.3 is 0 Å². The van der Waals surface area contributed by atoms with Crippen molar-refractivity contribution in [2.45, 2.75) is 23.7 Å². The number of likely N-dealkylation sites (tertiary alicyclic amines) is 1. The average Bonchev–Trinajstić information content (AvgIpc) is 3.55. The first kappa shape index (κ1) is 23.6. The number of thiophene rings is 1. The van der Waals surface area contributed by atoms with E-state index in [1.165, 1.54) is 0 Å². The van der Waals surface area contributed by atoms with Crippen LogP contribution in [0.25, 0.3) is 10.4 Å². The quantitative estimate of drug-likeness (QED) is 0.382. The minimum absolute atomic E-state index is 0.0112. The number of fused-ring (bicyclic) bond motifs is 1. The van der Waals surface area contributed by atoms with E-state index in [1.807, 2.05) is 26.1 Å².